The molecule has 0 spiro atoms. The maximum atomic E-state index is 12.5. The van der Waals surface area contributed by atoms with Crippen molar-refractivity contribution < 1.29 is 9.59 Å². The first-order valence-corrected chi connectivity index (χ1v) is 8.52. The first-order valence-electron chi connectivity index (χ1n) is 7.54. The minimum absolute atomic E-state index is 0.0509. The van der Waals surface area contributed by atoms with E-state index in [1.807, 2.05) is 23.9 Å². The van der Waals surface area contributed by atoms with Crippen LogP contribution in [0.2, 0.25) is 0 Å². The van der Waals surface area contributed by atoms with Crippen molar-refractivity contribution in [3.8, 4) is 0 Å². The molecule has 0 saturated carbocycles. The largest absolute Gasteiger partial charge is 0.345 e. The molecule has 1 atom stereocenters. The molecular weight excluding hydrogens is 308 g/mol. The Balaban J connectivity index is 1.71. The van der Waals surface area contributed by atoms with Gasteiger partial charge in [-0.25, -0.2) is 0 Å². The van der Waals surface area contributed by atoms with Gasteiger partial charge in [0.15, 0.2) is 0 Å². The highest BCUT2D eigenvalue weighted by Crippen LogP contribution is 2.35. The lowest BCUT2D eigenvalue weighted by Crippen LogP contribution is -2.30. The molecule has 4 nitrogen and oxygen atoms in total. The number of anilines is 1. The molecule has 0 aromatic heterocycles. The lowest BCUT2D eigenvalue weighted by molar-refractivity contribution is -0.114. The van der Waals surface area contributed by atoms with Crippen molar-refractivity contribution in [3.05, 3.63) is 59.7 Å². The van der Waals surface area contributed by atoms with Gasteiger partial charge in [-0.15, -0.1) is 11.8 Å². The van der Waals surface area contributed by atoms with E-state index in [1.165, 1.54) is 17.4 Å². The number of thioether (sulfide) groups is 1. The van der Waals surface area contributed by atoms with Crippen LogP contribution in [0.1, 0.15) is 35.3 Å². The summed E-state index contributed by atoms with van der Waals surface area (Å²) in [5.74, 6) is 0.785. The second-order valence-electron chi connectivity index (χ2n) is 5.46. The third-order valence-electron chi connectivity index (χ3n) is 3.73. The van der Waals surface area contributed by atoms with E-state index < -0.39 is 0 Å². The molecule has 2 aromatic rings. The number of carbonyl (C=O) groups is 2. The van der Waals surface area contributed by atoms with E-state index in [9.17, 15) is 9.59 Å². The molecule has 1 aliphatic heterocycles. The molecule has 5 heteroatoms. The molecule has 118 valence electrons. The predicted molar refractivity (Wildman–Crippen MR) is 92.7 cm³/mol. The molecule has 0 aliphatic carbocycles. The summed E-state index contributed by atoms with van der Waals surface area (Å²) in [4.78, 5) is 24.7. The maximum Gasteiger partial charge on any atom is 0.251 e. The summed E-state index contributed by atoms with van der Waals surface area (Å²) < 4.78 is 0. The van der Waals surface area contributed by atoms with Crippen molar-refractivity contribution >= 4 is 29.3 Å². The van der Waals surface area contributed by atoms with Crippen molar-refractivity contribution in [2.24, 2.45) is 0 Å². The zero-order valence-electron chi connectivity index (χ0n) is 12.8. The Morgan fingerprint density at radius 2 is 1.83 bits per heavy atom. The molecule has 0 unspecified atom stereocenters. The van der Waals surface area contributed by atoms with Crippen LogP contribution in [0.4, 0.5) is 5.69 Å². The second-order valence-corrected chi connectivity index (χ2v) is 6.60. The summed E-state index contributed by atoms with van der Waals surface area (Å²) in [5, 5.41) is 5.80. The summed E-state index contributed by atoms with van der Waals surface area (Å²) in [5.41, 5.74) is 2.47. The number of benzene rings is 2. The third-order valence-corrected chi connectivity index (χ3v) is 4.85. The molecular formula is C18H18N2O2S. The first kappa shape index (κ1) is 15.6. The average Bonchev–Trinajstić information content (AvgIpc) is 2.55. The SMILES string of the molecule is CC(=O)Nc1ccc(C(=O)N[C@H]2CCSc3ccccc32)cc1. The van der Waals surface area contributed by atoms with Gasteiger partial charge >= 0.3 is 0 Å². The summed E-state index contributed by atoms with van der Waals surface area (Å²) >= 11 is 1.83. The van der Waals surface area contributed by atoms with Crippen molar-refractivity contribution in [1.29, 1.82) is 0 Å². The monoisotopic (exact) mass is 326 g/mol. The molecule has 0 fully saturated rings. The van der Waals surface area contributed by atoms with Gasteiger partial charge in [0.25, 0.3) is 5.91 Å². The van der Waals surface area contributed by atoms with Crippen molar-refractivity contribution in [2.75, 3.05) is 11.1 Å². The van der Waals surface area contributed by atoms with Gasteiger partial charge in [-0.2, -0.15) is 0 Å². The van der Waals surface area contributed by atoms with E-state index in [2.05, 4.69) is 22.8 Å². The number of carbonyl (C=O) groups excluding carboxylic acids is 2. The maximum absolute atomic E-state index is 12.5. The topological polar surface area (TPSA) is 58.2 Å². The van der Waals surface area contributed by atoms with Gasteiger partial charge in [0.1, 0.15) is 0 Å². The second kappa shape index (κ2) is 6.87. The first-order chi connectivity index (χ1) is 11.1. The predicted octanol–water partition coefficient (Wildman–Crippen LogP) is 3.61. The van der Waals surface area contributed by atoms with Gasteiger partial charge in [-0.3, -0.25) is 9.59 Å². The molecule has 1 aliphatic rings. The van der Waals surface area contributed by atoms with Gasteiger partial charge < -0.3 is 10.6 Å². The Morgan fingerprint density at radius 1 is 1.09 bits per heavy atom. The van der Waals surface area contributed by atoms with E-state index in [1.54, 1.807) is 24.3 Å². The van der Waals surface area contributed by atoms with Gasteiger partial charge in [0.2, 0.25) is 5.91 Å². The van der Waals surface area contributed by atoms with Gasteiger partial charge in [0, 0.05) is 28.8 Å². The number of hydrogen-bond donors (Lipinski definition) is 2. The normalized spacial score (nSPS) is 16.3. The number of fused-ring (bicyclic) bond motifs is 1. The molecule has 3 rings (SSSR count). The van der Waals surface area contributed by atoms with Gasteiger partial charge in [-0.1, -0.05) is 18.2 Å². The van der Waals surface area contributed by atoms with Crippen LogP contribution in [0.25, 0.3) is 0 Å². The summed E-state index contributed by atoms with van der Waals surface area (Å²) in [7, 11) is 0. The van der Waals surface area contributed by atoms with Crippen LogP contribution < -0.4 is 10.6 Å². The van der Waals surface area contributed by atoms with E-state index in [0.717, 1.165) is 12.2 Å². The van der Waals surface area contributed by atoms with Gasteiger partial charge in [0.05, 0.1) is 6.04 Å². The fraction of sp³-hybridized carbons (Fsp3) is 0.222. The zero-order chi connectivity index (χ0) is 16.2. The number of amides is 2. The van der Waals surface area contributed by atoms with Crippen LogP contribution in [-0.4, -0.2) is 17.6 Å². The number of rotatable bonds is 3. The smallest absolute Gasteiger partial charge is 0.251 e. The molecule has 2 amide bonds. The van der Waals surface area contributed by atoms with Crippen LogP contribution in [-0.2, 0) is 4.79 Å². The highest BCUT2D eigenvalue weighted by molar-refractivity contribution is 7.99. The van der Waals surface area contributed by atoms with Crippen LogP contribution in [0, 0.1) is 0 Å². The summed E-state index contributed by atoms with van der Waals surface area (Å²) in [6.07, 6.45) is 0.928. The Morgan fingerprint density at radius 3 is 2.57 bits per heavy atom. The zero-order valence-corrected chi connectivity index (χ0v) is 13.7. The fourth-order valence-electron chi connectivity index (χ4n) is 2.64. The average molecular weight is 326 g/mol. The van der Waals surface area contributed by atoms with Crippen molar-refractivity contribution in [2.45, 2.75) is 24.3 Å². The molecule has 0 bridgehead atoms. The summed E-state index contributed by atoms with van der Waals surface area (Å²) in [6, 6.07) is 15.2. The Labute approximate surface area is 139 Å². The van der Waals surface area contributed by atoms with Crippen LogP contribution >= 0.6 is 11.8 Å². The molecule has 1 heterocycles. The Hall–Kier alpha value is -2.27. The highest BCUT2D eigenvalue weighted by atomic mass is 32.2. The summed E-state index contributed by atoms with van der Waals surface area (Å²) in [6.45, 7) is 1.46. The van der Waals surface area contributed by atoms with E-state index >= 15 is 0 Å². The van der Waals surface area contributed by atoms with Crippen LogP contribution in [0.3, 0.4) is 0 Å². The molecule has 2 aromatic carbocycles. The standard InChI is InChI=1S/C18H18N2O2S/c1-12(21)19-14-8-6-13(7-9-14)18(22)20-16-10-11-23-17-5-3-2-4-15(16)17/h2-9,16H,10-11H2,1H3,(H,19,21)(H,20,22)/t16-/m0/s1. The van der Waals surface area contributed by atoms with Crippen LogP contribution in [0.15, 0.2) is 53.4 Å². The lowest BCUT2D eigenvalue weighted by Gasteiger charge is -2.25. The number of nitrogens with one attached hydrogen (secondary N) is 2. The van der Waals surface area contributed by atoms with E-state index in [0.29, 0.717) is 11.3 Å². The molecule has 0 saturated heterocycles. The third kappa shape index (κ3) is 3.74. The highest BCUT2D eigenvalue weighted by Gasteiger charge is 2.22. The minimum Gasteiger partial charge on any atom is -0.345 e. The number of hydrogen-bond acceptors (Lipinski definition) is 3. The molecule has 0 radical (unpaired) electrons. The lowest BCUT2D eigenvalue weighted by atomic mass is 10.0. The molecule has 2 N–H and O–H groups in total. The quantitative estimate of drug-likeness (QED) is 0.906. The van der Waals surface area contributed by atoms with Crippen LogP contribution in [0.5, 0.6) is 0 Å². The van der Waals surface area contributed by atoms with E-state index in [4.69, 9.17) is 0 Å². The van der Waals surface area contributed by atoms with Crippen molar-refractivity contribution in [1.82, 2.24) is 5.32 Å². The minimum atomic E-state index is -0.126. The van der Waals surface area contributed by atoms with Gasteiger partial charge in [-0.05, 0) is 42.3 Å². The fourth-order valence-corrected chi connectivity index (χ4v) is 3.77. The van der Waals surface area contributed by atoms with E-state index in [-0.39, 0.29) is 17.9 Å². The Kier molecular flexibility index (Phi) is 4.67. The Bertz CT molecular complexity index is 728. The molecule has 23 heavy (non-hydrogen) atoms. The van der Waals surface area contributed by atoms with Crippen molar-refractivity contribution in [3.63, 3.8) is 0 Å².